The SMILES string of the molecule is CC(C)CC(NC(=O)C(CC(C)C)NC(=O)C(Cc1ccc(O)cc1)NC(=O)C(CO)NC(=O)C(Cc1c[nH]c2ccccc12)NC(=O)C(Cc1cnc[nH]1)NC(=O)C1CCC(=O)N1)C(=O)NC(C)CCCNC(=N)N. The maximum Gasteiger partial charge on any atom is 0.245 e. The number of aliphatic hydroxyl groups excluding tert-OH is 1. The lowest BCUT2D eigenvalue weighted by atomic mass is 9.99. The fourth-order valence-electron chi connectivity index (χ4n) is 8.72. The van der Waals surface area contributed by atoms with Crippen LogP contribution in [0.2, 0.25) is 0 Å². The number of guanidine groups is 1. The molecule has 2 aromatic carbocycles. The summed E-state index contributed by atoms with van der Waals surface area (Å²) in [7, 11) is 0. The van der Waals surface area contributed by atoms with Gasteiger partial charge in [0.15, 0.2) is 5.96 Å². The van der Waals surface area contributed by atoms with E-state index in [1.165, 1.54) is 36.8 Å². The molecule has 24 heteroatoms. The van der Waals surface area contributed by atoms with Crippen LogP contribution in [0.15, 0.2) is 67.3 Å². The molecule has 412 valence electrons. The monoisotopic (exact) mass is 1050 g/mol. The van der Waals surface area contributed by atoms with Gasteiger partial charge in [-0.15, -0.1) is 0 Å². The standard InChI is InChI=1S/C52H74N14O10/c1-28(2)19-38(46(71)59-30(5)9-8-18-56-52(53)54)61-47(72)39(20-29(3)4)62-48(73)40(21-31-12-14-34(68)15-13-31)63-51(76)43(26-67)66-49(74)41(22-32-24-57-36-11-7-6-10-35(32)36)64-50(75)42(23-33-25-55-27-58-33)65-45(70)37-16-17-44(69)60-37/h6-7,10-15,24-25,27-30,37-43,57,67-68H,8-9,16-23,26H2,1-5H3,(H,55,58)(H,59,71)(H,60,69)(H,61,72)(H,62,73)(H,63,76)(H,64,75)(H,65,70)(H,66,74)(H4,53,54,56). The van der Waals surface area contributed by atoms with Gasteiger partial charge in [0.25, 0.3) is 0 Å². The number of benzene rings is 2. The zero-order chi connectivity index (χ0) is 55.5. The van der Waals surface area contributed by atoms with Crippen LogP contribution in [0.3, 0.4) is 0 Å². The van der Waals surface area contributed by atoms with Crippen molar-refractivity contribution in [3.05, 3.63) is 84.1 Å². The number of aromatic amines is 2. The lowest BCUT2D eigenvalue weighted by Crippen LogP contribution is -2.61. The van der Waals surface area contributed by atoms with Crippen LogP contribution < -0.4 is 53.6 Å². The fraction of sp³-hybridized carbons (Fsp3) is 0.500. The molecule has 1 aliphatic rings. The van der Waals surface area contributed by atoms with Crippen LogP contribution in [0, 0.1) is 17.2 Å². The van der Waals surface area contributed by atoms with E-state index < -0.39 is 90.3 Å². The Morgan fingerprint density at radius 3 is 1.83 bits per heavy atom. The number of carbonyl (C=O) groups is 8. The Kier molecular flexibility index (Phi) is 22.1. The topological polar surface area (TPSA) is 380 Å². The van der Waals surface area contributed by atoms with Gasteiger partial charge in [-0.3, -0.25) is 43.8 Å². The number of nitrogens with zero attached hydrogens (tertiary/aromatic N) is 1. The number of nitrogens with one attached hydrogen (secondary N) is 12. The highest BCUT2D eigenvalue weighted by molar-refractivity contribution is 5.98. The number of rotatable bonds is 29. The van der Waals surface area contributed by atoms with Crippen LogP contribution in [-0.2, 0) is 57.6 Å². The molecule has 0 aliphatic carbocycles. The summed E-state index contributed by atoms with van der Waals surface area (Å²) in [5, 5.41) is 53.2. The number of phenolic OH excluding ortho intramolecular Hbond substituents is 1. The van der Waals surface area contributed by atoms with Crippen LogP contribution in [0.5, 0.6) is 5.75 Å². The van der Waals surface area contributed by atoms with Crippen molar-refractivity contribution >= 4 is 64.1 Å². The van der Waals surface area contributed by atoms with E-state index in [0.717, 1.165) is 10.9 Å². The lowest BCUT2D eigenvalue weighted by Gasteiger charge is -2.28. The quantitative estimate of drug-likeness (QED) is 0.0188. The predicted molar refractivity (Wildman–Crippen MR) is 282 cm³/mol. The van der Waals surface area contributed by atoms with Crippen LogP contribution in [0.1, 0.15) is 90.0 Å². The molecular weight excluding hydrogens is 981 g/mol. The summed E-state index contributed by atoms with van der Waals surface area (Å²) in [6.45, 7) is 8.80. The third-order valence-corrected chi connectivity index (χ3v) is 12.7. The molecule has 2 aromatic heterocycles. The molecule has 0 spiro atoms. The normalized spacial score (nSPS) is 16.0. The number of nitrogens with two attached hydrogens (primary N) is 1. The molecule has 3 heterocycles. The number of phenols is 1. The van der Waals surface area contributed by atoms with Crippen molar-refractivity contribution in [2.24, 2.45) is 17.6 Å². The Balaban J connectivity index is 1.36. The highest BCUT2D eigenvalue weighted by Gasteiger charge is 2.36. The summed E-state index contributed by atoms with van der Waals surface area (Å²) >= 11 is 0. The Labute approximate surface area is 440 Å². The smallest absolute Gasteiger partial charge is 0.245 e. The van der Waals surface area contributed by atoms with Crippen LogP contribution >= 0.6 is 0 Å². The molecule has 4 aromatic rings. The number of aliphatic hydroxyl groups is 1. The maximum absolute atomic E-state index is 14.5. The molecule has 0 radical (unpaired) electrons. The number of hydrogen-bond donors (Lipinski definition) is 15. The highest BCUT2D eigenvalue weighted by atomic mass is 16.3. The van der Waals surface area contributed by atoms with Gasteiger partial charge in [-0.1, -0.05) is 58.0 Å². The van der Waals surface area contributed by atoms with E-state index >= 15 is 0 Å². The Hall–Kier alpha value is -8.02. The summed E-state index contributed by atoms with van der Waals surface area (Å²) in [5.74, 6) is -5.86. The molecule has 8 unspecified atom stereocenters. The number of carbonyl (C=O) groups excluding carboxylic acids is 8. The Bertz CT molecular complexity index is 2620. The number of fused-ring (bicyclic) bond motifs is 1. The molecule has 8 amide bonds. The van der Waals surface area contributed by atoms with E-state index in [0.29, 0.717) is 36.2 Å². The second-order valence-corrected chi connectivity index (χ2v) is 20.1. The molecule has 1 aliphatic heterocycles. The van der Waals surface area contributed by atoms with Gasteiger partial charge in [0.1, 0.15) is 48.0 Å². The van der Waals surface area contributed by atoms with Gasteiger partial charge in [-0.05, 0) is 80.2 Å². The maximum atomic E-state index is 14.5. The minimum Gasteiger partial charge on any atom is -0.508 e. The van der Waals surface area contributed by atoms with Crippen LogP contribution in [0.4, 0.5) is 0 Å². The highest BCUT2D eigenvalue weighted by Crippen LogP contribution is 2.20. The van der Waals surface area contributed by atoms with Gasteiger partial charge in [0.05, 0.1) is 12.9 Å². The van der Waals surface area contributed by atoms with E-state index in [-0.39, 0.29) is 80.4 Å². The Morgan fingerprint density at radius 1 is 0.711 bits per heavy atom. The van der Waals surface area contributed by atoms with Crippen molar-refractivity contribution in [2.45, 2.75) is 141 Å². The van der Waals surface area contributed by atoms with Crippen molar-refractivity contribution in [3.8, 4) is 5.75 Å². The molecule has 0 saturated carbocycles. The molecule has 0 bridgehead atoms. The summed E-state index contributed by atoms with van der Waals surface area (Å²) in [4.78, 5) is 120. The average Bonchev–Trinajstić information content (AvgIpc) is 4.15. The minimum absolute atomic E-state index is 0.0144. The Morgan fingerprint density at radius 2 is 1.26 bits per heavy atom. The van der Waals surface area contributed by atoms with Crippen molar-refractivity contribution in [1.29, 1.82) is 5.41 Å². The van der Waals surface area contributed by atoms with Crippen LogP contribution in [0.25, 0.3) is 10.9 Å². The summed E-state index contributed by atoms with van der Waals surface area (Å²) in [6, 6.07) is 3.95. The third-order valence-electron chi connectivity index (χ3n) is 12.7. The van der Waals surface area contributed by atoms with Crippen molar-refractivity contribution in [2.75, 3.05) is 13.2 Å². The molecule has 1 saturated heterocycles. The van der Waals surface area contributed by atoms with Crippen molar-refractivity contribution in [3.63, 3.8) is 0 Å². The molecule has 24 nitrogen and oxygen atoms in total. The van der Waals surface area contributed by atoms with Crippen molar-refractivity contribution < 1.29 is 48.6 Å². The first-order valence-corrected chi connectivity index (χ1v) is 25.6. The molecule has 1 fully saturated rings. The van der Waals surface area contributed by atoms with Gasteiger partial charge in [0.2, 0.25) is 47.3 Å². The second-order valence-electron chi connectivity index (χ2n) is 20.1. The number of aromatic nitrogens is 3. The van der Waals surface area contributed by atoms with Gasteiger partial charge < -0.3 is 73.8 Å². The third kappa shape index (κ3) is 18.4. The zero-order valence-corrected chi connectivity index (χ0v) is 43.6. The van der Waals surface area contributed by atoms with E-state index in [1.54, 1.807) is 12.3 Å². The van der Waals surface area contributed by atoms with Crippen molar-refractivity contribution in [1.82, 2.24) is 62.8 Å². The van der Waals surface area contributed by atoms with E-state index in [1.807, 2.05) is 52.8 Å². The van der Waals surface area contributed by atoms with E-state index in [4.69, 9.17) is 11.1 Å². The molecule has 8 atom stereocenters. The second kappa shape index (κ2) is 28.6. The lowest BCUT2D eigenvalue weighted by molar-refractivity contribution is -0.136. The van der Waals surface area contributed by atoms with Gasteiger partial charge in [-0.25, -0.2) is 4.98 Å². The molecular formula is C52H74N14O10. The molecule has 5 rings (SSSR count). The molecule has 76 heavy (non-hydrogen) atoms. The number of imidazole rings is 1. The van der Waals surface area contributed by atoms with E-state index in [2.05, 4.69) is 62.8 Å². The molecule has 16 N–H and O–H groups in total. The first-order chi connectivity index (χ1) is 36.2. The number of amides is 8. The van der Waals surface area contributed by atoms with E-state index in [9.17, 15) is 48.6 Å². The number of H-pyrrole nitrogens is 2. The first kappa shape index (κ1) is 58.9. The van der Waals surface area contributed by atoms with Gasteiger partial charge >= 0.3 is 0 Å². The number of para-hydroxylation sites is 1. The summed E-state index contributed by atoms with van der Waals surface area (Å²) in [5.41, 5.74) is 7.68. The number of aromatic hydroxyl groups is 1. The largest absolute Gasteiger partial charge is 0.508 e. The number of hydrogen-bond acceptors (Lipinski definition) is 12. The summed E-state index contributed by atoms with van der Waals surface area (Å²) < 4.78 is 0. The van der Waals surface area contributed by atoms with Crippen LogP contribution in [-0.4, -0.2) is 140 Å². The summed E-state index contributed by atoms with van der Waals surface area (Å²) in [6.07, 6.45) is 6.08. The predicted octanol–water partition coefficient (Wildman–Crippen LogP) is -0.336. The fourth-order valence-corrected chi connectivity index (χ4v) is 8.72. The van der Waals surface area contributed by atoms with Gasteiger partial charge in [-0.2, -0.15) is 0 Å². The zero-order valence-electron chi connectivity index (χ0n) is 43.6. The average molecular weight is 1060 g/mol. The first-order valence-electron chi connectivity index (χ1n) is 25.6. The minimum atomic E-state index is -1.70. The van der Waals surface area contributed by atoms with Gasteiger partial charge in [0, 0.05) is 67.3 Å².